The van der Waals surface area contributed by atoms with Crippen molar-refractivity contribution >= 4 is 11.9 Å². The monoisotopic (exact) mass is 241 g/mol. The Bertz CT molecular complexity index is 377. The molecule has 0 fully saturated rings. The minimum atomic E-state index is -0.520. The molecule has 17 heavy (non-hydrogen) atoms. The van der Waals surface area contributed by atoms with E-state index in [1.165, 1.54) is 0 Å². The van der Waals surface area contributed by atoms with Crippen molar-refractivity contribution in [1.82, 2.24) is 15.5 Å². The molecule has 96 valence electrons. The average Bonchev–Trinajstić information content (AvgIpc) is 2.72. The second-order valence-corrected chi connectivity index (χ2v) is 4.22. The van der Waals surface area contributed by atoms with Gasteiger partial charge in [-0.3, -0.25) is 4.79 Å². The molecule has 0 aliphatic rings. The van der Waals surface area contributed by atoms with Crippen LogP contribution in [0.4, 0.5) is 6.01 Å². The van der Waals surface area contributed by atoms with Gasteiger partial charge in [-0.05, 0) is 19.9 Å². The molecule has 0 bridgehead atoms. The summed E-state index contributed by atoms with van der Waals surface area (Å²) in [5, 5.41) is 13.5. The summed E-state index contributed by atoms with van der Waals surface area (Å²) < 4.78 is 5.36. The molecule has 1 aromatic rings. The highest BCUT2D eigenvalue weighted by molar-refractivity contribution is 5.82. The van der Waals surface area contributed by atoms with Crippen LogP contribution in [-0.4, -0.2) is 29.2 Å². The second kappa shape index (κ2) is 5.62. The second-order valence-electron chi connectivity index (χ2n) is 4.22. The van der Waals surface area contributed by atoms with Crippen molar-refractivity contribution in [3.63, 3.8) is 0 Å². The van der Waals surface area contributed by atoms with Crippen LogP contribution in [0.15, 0.2) is 4.42 Å². The first-order valence-corrected chi connectivity index (χ1v) is 5.52. The molecule has 0 aliphatic carbocycles. The predicted octanol–water partition coefficient (Wildman–Crippen LogP) is 0.272. The Morgan fingerprint density at radius 3 is 2.47 bits per heavy atom. The number of anilines is 1. The van der Waals surface area contributed by atoms with Crippen molar-refractivity contribution in [3.05, 3.63) is 5.89 Å². The van der Waals surface area contributed by atoms with Gasteiger partial charge in [-0.1, -0.05) is 18.9 Å². The summed E-state index contributed by atoms with van der Waals surface area (Å²) in [6.45, 7) is 5.66. The molecule has 0 aromatic carbocycles. The summed E-state index contributed by atoms with van der Waals surface area (Å²) in [4.78, 5) is 11.2. The van der Waals surface area contributed by atoms with Gasteiger partial charge in [0, 0.05) is 0 Å². The van der Waals surface area contributed by atoms with Gasteiger partial charge in [0.2, 0.25) is 11.8 Å². The van der Waals surface area contributed by atoms with E-state index >= 15 is 0 Å². The maximum Gasteiger partial charge on any atom is 0.316 e. The Morgan fingerprint density at radius 1 is 1.35 bits per heavy atom. The number of aromatic nitrogens is 2. The Morgan fingerprint density at radius 2 is 2.00 bits per heavy atom. The third-order valence-corrected chi connectivity index (χ3v) is 2.50. The molecule has 2 unspecified atom stereocenters. The number of primary amides is 1. The lowest BCUT2D eigenvalue weighted by molar-refractivity contribution is -0.119. The summed E-state index contributed by atoms with van der Waals surface area (Å²) in [5.74, 6) is 0.0629. The number of nitrogens with one attached hydrogen (secondary N) is 2. The molecular weight excluding hydrogens is 222 g/mol. The molecule has 0 saturated carbocycles. The Kier molecular flexibility index (Phi) is 4.45. The molecule has 1 aromatic heterocycles. The maximum atomic E-state index is 11.2. The fourth-order valence-electron chi connectivity index (χ4n) is 1.29. The zero-order chi connectivity index (χ0) is 13.0. The van der Waals surface area contributed by atoms with E-state index in [9.17, 15) is 4.79 Å². The van der Waals surface area contributed by atoms with Gasteiger partial charge in [0.05, 0.1) is 6.04 Å². The molecule has 0 aliphatic heterocycles. The summed E-state index contributed by atoms with van der Waals surface area (Å²) in [6, 6.07) is -0.350. The highest BCUT2D eigenvalue weighted by atomic mass is 16.4. The fraction of sp³-hybridized carbons (Fsp3) is 0.700. The molecule has 1 rings (SSSR count). The Balaban J connectivity index is 2.74. The van der Waals surface area contributed by atoms with E-state index in [0.29, 0.717) is 5.89 Å². The third kappa shape index (κ3) is 3.42. The largest absolute Gasteiger partial charge is 0.406 e. The number of rotatable bonds is 6. The lowest BCUT2D eigenvalue weighted by Crippen LogP contribution is -2.39. The highest BCUT2D eigenvalue weighted by Crippen LogP contribution is 2.15. The molecule has 4 N–H and O–H groups in total. The van der Waals surface area contributed by atoms with Crippen molar-refractivity contribution in [2.24, 2.45) is 11.7 Å². The van der Waals surface area contributed by atoms with Gasteiger partial charge >= 0.3 is 6.01 Å². The fourth-order valence-corrected chi connectivity index (χ4v) is 1.29. The van der Waals surface area contributed by atoms with Crippen molar-refractivity contribution in [3.8, 4) is 0 Å². The quantitative estimate of drug-likeness (QED) is 0.660. The van der Waals surface area contributed by atoms with Gasteiger partial charge in [0.25, 0.3) is 0 Å². The normalized spacial score (nSPS) is 14.6. The predicted molar refractivity (Wildman–Crippen MR) is 63.2 cm³/mol. The maximum absolute atomic E-state index is 11.2. The van der Waals surface area contributed by atoms with E-state index in [1.807, 2.05) is 20.8 Å². The number of nitrogens with two attached hydrogens (primary N) is 1. The molecule has 0 saturated heterocycles. The zero-order valence-corrected chi connectivity index (χ0v) is 10.5. The SMILES string of the molecule is CNC(C)c1nnc(NC(C(N)=O)C(C)C)o1. The van der Waals surface area contributed by atoms with Gasteiger partial charge in [-0.15, -0.1) is 5.10 Å². The molecule has 0 spiro atoms. The van der Waals surface area contributed by atoms with Crippen LogP contribution in [0.3, 0.4) is 0 Å². The lowest BCUT2D eigenvalue weighted by Gasteiger charge is -2.16. The minimum Gasteiger partial charge on any atom is -0.406 e. The first kappa shape index (κ1) is 13.4. The molecule has 7 heteroatoms. The van der Waals surface area contributed by atoms with Crippen LogP contribution < -0.4 is 16.4 Å². The summed E-state index contributed by atoms with van der Waals surface area (Å²) in [6.07, 6.45) is 0. The number of amides is 1. The Hall–Kier alpha value is -1.63. The van der Waals surface area contributed by atoms with E-state index in [2.05, 4.69) is 20.8 Å². The first-order chi connectivity index (χ1) is 7.95. The average molecular weight is 241 g/mol. The molecule has 0 radical (unpaired) electrons. The number of carbonyl (C=O) groups is 1. The highest BCUT2D eigenvalue weighted by Gasteiger charge is 2.22. The van der Waals surface area contributed by atoms with Crippen LogP contribution in [0.25, 0.3) is 0 Å². The molecule has 1 amide bonds. The molecular formula is C10H19N5O2. The number of hydrogen-bond donors (Lipinski definition) is 3. The summed E-state index contributed by atoms with van der Waals surface area (Å²) in [7, 11) is 1.79. The van der Waals surface area contributed by atoms with E-state index in [-0.39, 0.29) is 18.0 Å². The summed E-state index contributed by atoms with van der Waals surface area (Å²) in [5.41, 5.74) is 5.27. The van der Waals surface area contributed by atoms with Gasteiger partial charge in [0.15, 0.2) is 0 Å². The van der Waals surface area contributed by atoms with Crippen LogP contribution in [-0.2, 0) is 4.79 Å². The van der Waals surface area contributed by atoms with Gasteiger partial charge < -0.3 is 20.8 Å². The van der Waals surface area contributed by atoms with Crippen molar-refractivity contribution in [2.75, 3.05) is 12.4 Å². The van der Waals surface area contributed by atoms with E-state index in [1.54, 1.807) is 7.05 Å². The van der Waals surface area contributed by atoms with Crippen LogP contribution in [0.2, 0.25) is 0 Å². The van der Waals surface area contributed by atoms with Crippen LogP contribution in [0.5, 0.6) is 0 Å². The van der Waals surface area contributed by atoms with Crippen LogP contribution >= 0.6 is 0 Å². The smallest absolute Gasteiger partial charge is 0.316 e. The van der Waals surface area contributed by atoms with E-state index < -0.39 is 11.9 Å². The topological polar surface area (TPSA) is 106 Å². The minimum absolute atomic E-state index is 0.0378. The molecule has 2 atom stereocenters. The summed E-state index contributed by atoms with van der Waals surface area (Å²) >= 11 is 0. The van der Waals surface area contributed by atoms with E-state index in [4.69, 9.17) is 10.2 Å². The first-order valence-electron chi connectivity index (χ1n) is 5.52. The van der Waals surface area contributed by atoms with Gasteiger partial charge in [-0.25, -0.2) is 0 Å². The van der Waals surface area contributed by atoms with Crippen molar-refractivity contribution in [2.45, 2.75) is 32.9 Å². The Labute approximate surface area is 100 Å². The number of carbonyl (C=O) groups excluding carboxylic acids is 1. The van der Waals surface area contributed by atoms with Crippen molar-refractivity contribution in [1.29, 1.82) is 0 Å². The van der Waals surface area contributed by atoms with Crippen LogP contribution in [0.1, 0.15) is 32.7 Å². The van der Waals surface area contributed by atoms with Crippen molar-refractivity contribution < 1.29 is 9.21 Å². The third-order valence-electron chi connectivity index (χ3n) is 2.50. The molecule has 1 heterocycles. The lowest BCUT2D eigenvalue weighted by atomic mass is 10.0. The van der Waals surface area contributed by atoms with E-state index in [0.717, 1.165) is 0 Å². The number of hydrogen-bond acceptors (Lipinski definition) is 6. The molecule has 7 nitrogen and oxygen atoms in total. The standard InChI is InChI=1S/C10H19N5O2/c1-5(2)7(8(11)16)13-10-15-14-9(17-10)6(3)12-4/h5-7,12H,1-4H3,(H2,11,16)(H,13,15). The van der Waals surface area contributed by atoms with Gasteiger partial charge in [-0.2, -0.15) is 0 Å². The number of nitrogens with zero attached hydrogens (tertiary/aromatic N) is 2. The van der Waals surface area contributed by atoms with Crippen LogP contribution in [0, 0.1) is 5.92 Å². The zero-order valence-electron chi connectivity index (χ0n) is 10.5. The van der Waals surface area contributed by atoms with Gasteiger partial charge in [0.1, 0.15) is 6.04 Å².